The SMILES string of the molecule is CCc1sc2ncnc(N[C@@H](C)C(=O)O)c2c1-c1ccccc1. The highest BCUT2D eigenvalue weighted by Crippen LogP contribution is 2.41. The molecule has 0 spiro atoms. The van der Waals surface area contributed by atoms with Gasteiger partial charge >= 0.3 is 5.97 Å². The molecule has 118 valence electrons. The Hall–Kier alpha value is -2.47. The summed E-state index contributed by atoms with van der Waals surface area (Å²) in [5.41, 5.74) is 2.19. The van der Waals surface area contributed by atoms with Gasteiger partial charge in [-0.15, -0.1) is 11.3 Å². The second-order valence-electron chi connectivity index (χ2n) is 5.23. The predicted molar refractivity (Wildman–Crippen MR) is 92.9 cm³/mol. The number of hydrogen-bond acceptors (Lipinski definition) is 5. The Labute approximate surface area is 138 Å². The molecule has 0 aliphatic heterocycles. The monoisotopic (exact) mass is 327 g/mol. The van der Waals surface area contributed by atoms with Crippen molar-refractivity contribution < 1.29 is 9.90 Å². The third-order valence-electron chi connectivity index (χ3n) is 3.67. The third kappa shape index (κ3) is 2.90. The van der Waals surface area contributed by atoms with Crippen LogP contribution in [0.5, 0.6) is 0 Å². The van der Waals surface area contributed by atoms with Crippen LogP contribution < -0.4 is 5.32 Å². The van der Waals surface area contributed by atoms with Crippen molar-refractivity contribution in [3.8, 4) is 11.1 Å². The molecule has 0 radical (unpaired) electrons. The summed E-state index contributed by atoms with van der Waals surface area (Å²) >= 11 is 1.63. The summed E-state index contributed by atoms with van der Waals surface area (Å²) in [5.74, 6) is -0.344. The summed E-state index contributed by atoms with van der Waals surface area (Å²) in [6.07, 6.45) is 2.36. The van der Waals surface area contributed by atoms with Crippen LogP contribution in [0.4, 0.5) is 5.82 Å². The van der Waals surface area contributed by atoms with Crippen molar-refractivity contribution in [3.05, 3.63) is 41.5 Å². The van der Waals surface area contributed by atoms with Crippen LogP contribution in [-0.2, 0) is 11.2 Å². The molecule has 0 aliphatic rings. The zero-order chi connectivity index (χ0) is 16.4. The number of thiophene rings is 1. The number of nitrogens with one attached hydrogen (secondary N) is 1. The first-order valence-corrected chi connectivity index (χ1v) is 8.24. The van der Waals surface area contributed by atoms with Crippen LogP contribution in [0.1, 0.15) is 18.7 Å². The molecule has 0 bridgehead atoms. The summed E-state index contributed by atoms with van der Waals surface area (Å²) in [5, 5.41) is 13.0. The van der Waals surface area contributed by atoms with Gasteiger partial charge in [0.1, 0.15) is 23.0 Å². The molecule has 0 saturated heterocycles. The number of aromatic nitrogens is 2. The molecule has 0 unspecified atom stereocenters. The number of fused-ring (bicyclic) bond motifs is 1. The highest BCUT2D eigenvalue weighted by atomic mass is 32.1. The lowest BCUT2D eigenvalue weighted by atomic mass is 10.0. The molecule has 5 nitrogen and oxygen atoms in total. The van der Waals surface area contributed by atoms with Gasteiger partial charge < -0.3 is 10.4 Å². The average molecular weight is 327 g/mol. The number of rotatable bonds is 5. The van der Waals surface area contributed by atoms with Crippen molar-refractivity contribution in [2.24, 2.45) is 0 Å². The van der Waals surface area contributed by atoms with E-state index in [2.05, 4.69) is 34.3 Å². The number of hydrogen-bond donors (Lipinski definition) is 2. The molecule has 3 rings (SSSR count). The fourth-order valence-corrected chi connectivity index (χ4v) is 3.61. The number of aryl methyl sites for hydroxylation is 1. The smallest absolute Gasteiger partial charge is 0.325 e. The van der Waals surface area contributed by atoms with Gasteiger partial charge in [-0.3, -0.25) is 4.79 Å². The van der Waals surface area contributed by atoms with Crippen LogP contribution in [-0.4, -0.2) is 27.1 Å². The second kappa shape index (κ2) is 6.34. The van der Waals surface area contributed by atoms with E-state index in [-0.39, 0.29) is 0 Å². The van der Waals surface area contributed by atoms with Gasteiger partial charge in [0.15, 0.2) is 0 Å². The average Bonchev–Trinajstić information content (AvgIpc) is 2.95. The van der Waals surface area contributed by atoms with E-state index in [0.29, 0.717) is 5.82 Å². The number of benzene rings is 1. The van der Waals surface area contributed by atoms with E-state index in [1.54, 1.807) is 18.3 Å². The topological polar surface area (TPSA) is 75.1 Å². The summed E-state index contributed by atoms with van der Waals surface area (Å²) in [6, 6.07) is 9.35. The van der Waals surface area contributed by atoms with Crippen LogP contribution in [0.25, 0.3) is 21.3 Å². The molecule has 2 N–H and O–H groups in total. The minimum atomic E-state index is -0.913. The molecule has 1 aromatic carbocycles. The van der Waals surface area contributed by atoms with Gasteiger partial charge in [-0.1, -0.05) is 37.3 Å². The molecule has 23 heavy (non-hydrogen) atoms. The molecule has 6 heteroatoms. The molecular weight excluding hydrogens is 310 g/mol. The molecule has 2 heterocycles. The Kier molecular flexibility index (Phi) is 4.25. The molecule has 3 aromatic rings. The zero-order valence-corrected chi connectivity index (χ0v) is 13.7. The second-order valence-corrected chi connectivity index (χ2v) is 6.31. The van der Waals surface area contributed by atoms with Crippen molar-refractivity contribution >= 4 is 33.3 Å². The molecule has 1 atom stereocenters. The zero-order valence-electron chi connectivity index (χ0n) is 12.9. The van der Waals surface area contributed by atoms with Gasteiger partial charge in [-0.25, -0.2) is 9.97 Å². The standard InChI is InChI=1S/C17H17N3O2S/c1-3-12-13(11-7-5-4-6-8-11)14-15(20-10(2)17(21)22)18-9-19-16(14)23-12/h4-10H,3H2,1-2H3,(H,21,22)(H,18,19,20)/t10-/m0/s1. The number of anilines is 1. The van der Waals surface area contributed by atoms with Gasteiger partial charge in [-0.2, -0.15) is 0 Å². The fourth-order valence-electron chi connectivity index (χ4n) is 2.51. The van der Waals surface area contributed by atoms with Crippen molar-refractivity contribution in [2.45, 2.75) is 26.3 Å². The van der Waals surface area contributed by atoms with Crippen molar-refractivity contribution in [2.75, 3.05) is 5.32 Å². The van der Waals surface area contributed by atoms with Gasteiger partial charge in [0.25, 0.3) is 0 Å². The Bertz CT molecular complexity index is 846. The lowest BCUT2D eigenvalue weighted by Gasteiger charge is -2.12. The first-order valence-electron chi connectivity index (χ1n) is 7.43. The maximum absolute atomic E-state index is 11.2. The maximum atomic E-state index is 11.2. The molecule has 0 aliphatic carbocycles. The largest absolute Gasteiger partial charge is 0.480 e. The van der Waals surface area contributed by atoms with Crippen LogP contribution >= 0.6 is 11.3 Å². The Morgan fingerprint density at radius 3 is 2.70 bits per heavy atom. The summed E-state index contributed by atoms with van der Waals surface area (Å²) in [6.45, 7) is 3.71. The van der Waals surface area contributed by atoms with Crippen LogP contribution in [0.2, 0.25) is 0 Å². The summed E-state index contributed by atoms with van der Waals surface area (Å²) in [7, 11) is 0. The van der Waals surface area contributed by atoms with Gasteiger partial charge in [0.05, 0.1) is 5.39 Å². The van der Waals surface area contributed by atoms with Crippen molar-refractivity contribution in [1.29, 1.82) is 0 Å². The van der Waals surface area contributed by atoms with E-state index in [4.69, 9.17) is 5.11 Å². The van der Waals surface area contributed by atoms with Gasteiger partial charge in [0.2, 0.25) is 0 Å². The minimum absolute atomic E-state index is 0.569. The van der Waals surface area contributed by atoms with Crippen LogP contribution in [0.15, 0.2) is 36.7 Å². The van der Waals surface area contributed by atoms with Crippen molar-refractivity contribution in [1.82, 2.24) is 9.97 Å². The molecule has 0 saturated carbocycles. The first kappa shape index (κ1) is 15.4. The maximum Gasteiger partial charge on any atom is 0.325 e. The van der Waals surface area contributed by atoms with Crippen LogP contribution in [0, 0.1) is 0 Å². The first-order chi connectivity index (χ1) is 11.1. The van der Waals surface area contributed by atoms with E-state index in [0.717, 1.165) is 27.8 Å². The third-order valence-corrected chi connectivity index (χ3v) is 4.91. The number of aliphatic carboxylic acids is 1. The number of carboxylic acid groups (broad SMARTS) is 1. The van der Waals surface area contributed by atoms with Crippen molar-refractivity contribution in [3.63, 3.8) is 0 Å². The van der Waals surface area contributed by atoms with E-state index < -0.39 is 12.0 Å². The molecular formula is C17H17N3O2S. The molecule has 0 amide bonds. The normalized spacial score (nSPS) is 12.3. The highest BCUT2D eigenvalue weighted by molar-refractivity contribution is 7.19. The number of carboxylic acids is 1. The predicted octanol–water partition coefficient (Wildman–Crippen LogP) is 3.81. The van der Waals surface area contributed by atoms with Crippen LogP contribution in [0.3, 0.4) is 0 Å². The van der Waals surface area contributed by atoms with E-state index >= 15 is 0 Å². The van der Waals surface area contributed by atoms with Gasteiger partial charge in [-0.05, 0) is 18.9 Å². The molecule has 0 fully saturated rings. The fraction of sp³-hybridized carbons (Fsp3) is 0.235. The summed E-state index contributed by atoms with van der Waals surface area (Å²) < 4.78 is 0. The Morgan fingerprint density at radius 1 is 1.30 bits per heavy atom. The lowest BCUT2D eigenvalue weighted by Crippen LogP contribution is -2.26. The number of carbonyl (C=O) groups is 1. The van der Waals surface area contributed by atoms with E-state index in [1.807, 2.05) is 18.2 Å². The lowest BCUT2D eigenvalue weighted by molar-refractivity contribution is -0.137. The highest BCUT2D eigenvalue weighted by Gasteiger charge is 2.20. The van der Waals surface area contributed by atoms with E-state index in [9.17, 15) is 4.79 Å². The van der Waals surface area contributed by atoms with E-state index in [1.165, 1.54) is 11.2 Å². The Morgan fingerprint density at radius 2 is 2.04 bits per heavy atom. The molecule has 2 aromatic heterocycles. The Balaban J connectivity index is 2.23. The minimum Gasteiger partial charge on any atom is -0.480 e. The van der Waals surface area contributed by atoms with Gasteiger partial charge in [0, 0.05) is 10.4 Å². The quantitative estimate of drug-likeness (QED) is 0.745. The summed E-state index contributed by atoms with van der Waals surface area (Å²) in [4.78, 5) is 21.9. The number of nitrogens with zero attached hydrogens (tertiary/aromatic N) is 2.